The van der Waals surface area contributed by atoms with Gasteiger partial charge >= 0.3 is 0 Å². The monoisotopic (exact) mass is 190 g/mol. The second-order valence-electron chi connectivity index (χ2n) is 4.39. The zero-order valence-electron chi connectivity index (χ0n) is 8.96. The van der Waals surface area contributed by atoms with Crippen LogP contribution in [-0.2, 0) is 0 Å². The maximum atomic E-state index is 5.98. The summed E-state index contributed by atoms with van der Waals surface area (Å²) in [6, 6.07) is 6.28. The summed E-state index contributed by atoms with van der Waals surface area (Å²) >= 11 is 0. The lowest BCUT2D eigenvalue weighted by molar-refractivity contribution is 0.788. The van der Waals surface area contributed by atoms with Gasteiger partial charge in [0.2, 0.25) is 0 Å². The van der Waals surface area contributed by atoms with Gasteiger partial charge in [0.15, 0.2) is 0 Å². The normalized spacial score (nSPS) is 15.6. The Morgan fingerprint density at radius 1 is 1.43 bits per heavy atom. The molecule has 0 heterocycles. The predicted molar refractivity (Wildman–Crippen MR) is 61.6 cm³/mol. The Balaban J connectivity index is 2.13. The highest BCUT2D eigenvalue weighted by Gasteiger charge is 2.23. The lowest BCUT2D eigenvalue weighted by atomic mass is 10.2. The van der Waals surface area contributed by atoms with Gasteiger partial charge in [-0.15, -0.1) is 0 Å². The van der Waals surface area contributed by atoms with Crippen LogP contribution in [0.25, 0.3) is 0 Å². The van der Waals surface area contributed by atoms with E-state index in [1.165, 1.54) is 24.1 Å². The summed E-state index contributed by atoms with van der Waals surface area (Å²) in [5.74, 6) is 0.903. The van der Waals surface area contributed by atoms with Crippen LogP contribution < -0.4 is 10.6 Å². The second-order valence-corrected chi connectivity index (χ2v) is 4.39. The van der Waals surface area contributed by atoms with Gasteiger partial charge in [0.05, 0.1) is 11.4 Å². The Hall–Kier alpha value is -1.18. The maximum absolute atomic E-state index is 5.98. The maximum Gasteiger partial charge on any atom is 0.0597 e. The largest absolute Gasteiger partial charge is 0.397 e. The summed E-state index contributed by atoms with van der Waals surface area (Å²) in [6.45, 7) is 3.22. The molecule has 0 amide bonds. The van der Waals surface area contributed by atoms with E-state index in [1.54, 1.807) is 0 Å². The molecule has 0 atom stereocenters. The number of nitrogen functional groups attached to an aromatic ring is 1. The van der Waals surface area contributed by atoms with Crippen molar-refractivity contribution in [3.8, 4) is 0 Å². The molecule has 1 aliphatic carbocycles. The first-order valence-electron chi connectivity index (χ1n) is 5.24. The highest BCUT2D eigenvalue weighted by atomic mass is 15.1. The molecule has 0 radical (unpaired) electrons. The molecule has 0 saturated heterocycles. The van der Waals surface area contributed by atoms with Crippen LogP contribution >= 0.6 is 0 Å². The van der Waals surface area contributed by atoms with Crippen LogP contribution in [0, 0.1) is 12.8 Å². The predicted octanol–water partition coefficient (Wildman–Crippen LogP) is 2.42. The summed E-state index contributed by atoms with van der Waals surface area (Å²) in [5.41, 5.74) is 9.27. The Labute approximate surface area is 85.7 Å². The van der Waals surface area contributed by atoms with Gasteiger partial charge in [0, 0.05) is 13.6 Å². The van der Waals surface area contributed by atoms with Gasteiger partial charge in [-0.1, -0.05) is 6.07 Å². The molecule has 2 rings (SSSR count). The van der Waals surface area contributed by atoms with Crippen molar-refractivity contribution in [2.24, 2.45) is 5.92 Å². The molecule has 1 aromatic carbocycles. The Bertz CT molecular complexity index is 329. The molecule has 2 nitrogen and oxygen atoms in total. The van der Waals surface area contributed by atoms with E-state index < -0.39 is 0 Å². The number of hydrogen-bond donors (Lipinski definition) is 1. The molecule has 0 aliphatic heterocycles. The molecule has 2 N–H and O–H groups in total. The molecule has 1 aliphatic rings. The van der Waals surface area contributed by atoms with Crippen molar-refractivity contribution in [1.29, 1.82) is 0 Å². The molecule has 14 heavy (non-hydrogen) atoms. The van der Waals surface area contributed by atoms with Crippen LogP contribution in [0.5, 0.6) is 0 Å². The van der Waals surface area contributed by atoms with Crippen molar-refractivity contribution in [3.63, 3.8) is 0 Å². The third kappa shape index (κ3) is 2.00. The quantitative estimate of drug-likeness (QED) is 0.742. The van der Waals surface area contributed by atoms with Crippen molar-refractivity contribution in [2.75, 3.05) is 24.2 Å². The van der Waals surface area contributed by atoms with Crippen LogP contribution in [0.2, 0.25) is 0 Å². The number of benzene rings is 1. The SMILES string of the molecule is Cc1ccc(N(C)CC2CC2)c(N)c1. The summed E-state index contributed by atoms with van der Waals surface area (Å²) < 4.78 is 0. The van der Waals surface area contributed by atoms with Crippen LogP contribution in [0.1, 0.15) is 18.4 Å². The zero-order valence-corrected chi connectivity index (χ0v) is 8.96. The Kier molecular flexibility index (Phi) is 2.36. The molecule has 1 aromatic rings. The number of anilines is 2. The van der Waals surface area contributed by atoms with Crippen LogP contribution in [0.4, 0.5) is 11.4 Å². The van der Waals surface area contributed by atoms with Crippen molar-refractivity contribution >= 4 is 11.4 Å². The zero-order chi connectivity index (χ0) is 10.1. The molecule has 0 aromatic heterocycles. The fraction of sp³-hybridized carbons (Fsp3) is 0.500. The number of nitrogens with two attached hydrogens (primary N) is 1. The average Bonchev–Trinajstić information content (AvgIpc) is 2.87. The number of aryl methyl sites for hydroxylation is 1. The smallest absolute Gasteiger partial charge is 0.0597 e. The summed E-state index contributed by atoms with van der Waals surface area (Å²) in [4.78, 5) is 2.27. The van der Waals surface area contributed by atoms with Gasteiger partial charge in [0.1, 0.15) is 0 Å². The van der Waals surface area contributed by atoms with E-state index in [0.717, 1.165) is 18.2 Å². The minimum absolute atomic E-state index is 0.896. The minimum atomic E-state index is 0.896. The van der Waals surface area contributed by atoms with Gasteiger partial charge in [-0.3, -0.25) is 0 Å². The van der Waals surface area contributed by atoms with E-state index >= 15 is 0 Å². The Morgan fingerprint density at radius 3 is 2.71 bits per heavy atom. The first-order chi connectivity index (χ1) is 6.66. The lowest BCUT2D eigenvalue weighted by Gasteiger charge is -2.21. The topological polar surface area (TPSA) is 29.3 Å². The Morgan fingerprint density at radius 2 is 2.14 bits per heavy atom. The molecule has 0 spiro atoms. The lowest BCUT2D eigenvalue weighted by Crippen LogP contribution is -2.21. The third-order valence-electron chi connectivity index (χ3n) is 2.82. The van der Waals surface area contributed by atoms with Gasteiger partial charge < -0.3 is 10.6 Å². The van der Waals surface area contributed by atoms with Gasteiger partial charge in [-0.05, 0) is 43.4 Å². The van der Waals surface area contributed by atoms with E-state index in [2.05, 4.69) is 31.0 Å². The van der Waals surface area contributed by atoms with E-state index in [1.807, 2.05) is 6.07 Å². The highest BCUT2D eigenvalue weighted by Crippen LogP contribution is 2.32. The highest BCUT2D eigenvalue weighted by molar-refractivity contribution is 5.68. The fourth-order valence-electron chi connectivity index (χ4n) is 1.81. The van der Waals surface area contributed by atoms with Crippen molar-refractivity contribution in [2.45, 2.75) is 19.8 Å². The summed E-state index contributed by atoms with van der Waals surface area (Å²) in [5, 5.41) is 0. The molecule has 1 fully saturated rings. The molecule has 2 heteroatoms. The van der Waals surface area contributed by atoms with Gasteiger partial charge in [0.25, 0.3) is 0 Å². The van der Waals surface area contributed by atoms with Crippen LogP contribution in [0.15, 0.2) is 18.2 Å². The fourth-order valence-corrected chi connectivity index (χ4v) is 1.81. The number of rotatable bonds is 3. The minimum Gasteiger partial charge on any atom is -0.397 e. The standard InChI is InChI=1S/C12H18N2/c1-9-3-6-12(11(13)7-9)14(2)8-10-4-5-10/h3,6-7,10H,4-5,8,13H2,1-2H3. The van der Waals surface area contributed by atoms with Crippen molar-refractivity contribution in [3.05, 3.63) is 23.8 Å². The molecule has 1 saturated carbocycles. The van der Waals surface area contributed by atoms with Crippen molar-refractivity contribution in [1.82, 2.24) is 0 Å². The number of hydrogen-bond acceptors (Lipinski definition) is 2. The first kappa shape index (κ1) is 9.38. The van der Waals surface area contributed by atoms with E-state index in [-0.39, 0.29) is 0 Å². The second kappa shape index (κ2) is 3.52. The van der Waals surface area contributed by atoms with Gasteiger partial charge in [-0.2, -0.15) is 0 Å². The van der Waals surface area contributed by atoms with E-state index in [4.69, 9.17) is 5.73 Å². The third-order valence-corrected chi connectivity index (χ3v) is 2.82. The summed E-state index contributed by atoms with van der Waals surface area (Å²) in [7, 11) is 2.12. The molecule has 0 bridgehead atoms. The van der Waals surface area contributed by atoms with Crippen molar-refractivity contribution < 1.29 is 0 Å². The summed E-state index contributed by atoms with van der Waals surface area (Å²) in [6.07, 6.45) is 2.77. The molecular weight excluding hydrogens is 172 g/mol. The number of nitrogens with zero attached hydrogens (tertiary/aromatic N) is 1. The van der Waals surface area contributed by atoms with Gasteiger partial charge in [-0.25, -0.2) is 0 Å². The first-order valence-corrected chi connectivity index (χ1v) is 5.24. The average molecular weight is 190 g/mol. The molecular formula is C12H18N2. The van der Waals surface area contributed by atoms with Crippen LogP contribution in [0.3, 0.4) is 0 Å². The van der Waals surface area contributed by atoms with Crippen LogP contribution in [-0.4, -0.2) is 13.6 Å². The van der Waals surface area contributed by atoms with E-state index in [9.17, 15) is 0 Å². The molecule has 76 valence electrons. The molecule has 0 unspecified atom stereocenters. The van der Waals surface area contributed by atoms with E-state index in [0.29, 0.717) is 0 Å².